The smallest absolute Gasteiger partial charge is 0.415 e. The Morgan fingerprint density at radius 2 is 1.60 bits per heavy atom. The summed E-state index contributed by atoms with van der Waals surface area (Å²) in [6.45, 7) is 4.28. The van der Waals surface area contributed by atoms with Gasteiger partial charge in [-0.1, -0.05) is 36.4 Å². The van der Waals surface area contributed by atoms with Crippen molar-refractivity contribution < 1.29 is 14.4 Å². The molecule has 1 heterocycles. The number of likely N-dealkylation sites (N-methyl/N-ethyl adjacent to an activating group) is 1. The van der Waals surface area contributed by atoms with E-state index in [-0.39, 0.29) is 6.61 Å². The summed E-state index contributed by atoms with van der Waals surface area (Å²) in [6.07, 6.45) is 2.46. The Hall–Kier alpha value is -3.58. The van der Waals surface area contributed by atoms with E-state index in [0.717, 1.165) is 40.4 Å². The lowest BCUT2D eigenvalue weighted by atomic mass is 10.1. The van der Waals surface area contributed by atoms with Crippen LogP contribution >= 0.6 is 0 Å². The Morgan fingerprint density at radius 3 is 2.29 bits per heavy atom. The number of rotatable bonds is 6. The number of anilines is 3. The minimum Gasteiger partial charge on any atom is -0.457 e. The van der Waals surface area contributed by atoms with E-state index in [0.29, 0.717) is 5.84 Å². The van der Waals surface area contributed by atoms with Crippen molar-refractivity contribution in [2.45, 2.75) is 19.8 Å². The van der Waals surface area contributed by atoms with Gasteiger partial charge in [-0.25, -0.2) is 9.69 Å². The number of carbonyl (C=O) groups excluding carboxylic acids is 1. The molecule has 0 aliphatic carbocycles. The summed E-state index contributed by atoms with van der Waals surface area (Å²) in [5, 5.41) is 8.93. The van der Waals surface area contributed by atoms with Gasteiger partial charge in [0.25, 0.3) is 0 Å². The number of nitrogens with zero attached hydrogens (tertiary/aromatic N) is 4. The van der Waals surface area contributed by atoms with Gasteiger partial charge in [0.1, 0.15) is 0 Å². The van der Waals surface area contributed by atoms with Crippen LogP contribution < -0.4 is 19.7 Å². The number of nitrogens with one attached hydrogen (secondary N) is 1. The molecule has 1 fully saturated rings. The second-order valence-electron chi connectivity index (χ2n) is 9.07. The quantitative estimate of drug-likeness (QED) is 0.256. The van der Waals surface area contributed by atoms with Gasteiger partial charge in [-0.15, -0.1) is 5.10 Å². The Balaban J connectivity index is 1.77. The number of esters is 1. The SMILES string of the molecule is CCOC(=O)/C(=N\N(C)c1ccc(N2CCCC2)c2ccccc12)[NH+](C)c1ccccc1N(C)C. The molecular formula is C28H36N5O2+. The third kappa shape index (κ3) is 5.10. The summed E-state index contributed by atoms with van der Waals surface area (Å²) in [6, 6.07) is 20.7. The standard InChI is InChI=1S/C28H35N5O2/c1-6-35-28(34)27(31(4)26-16-10-9-15-25(26)30(2)3)29-32(5)23-17-18-24(33-19-11-12-20-33)22-14-8-7-13-21(22)23/h7-10,13-18H,6,11-12,19-20H2,1-5H3/p+1/b29-27+. The van der Waals surface area contributed by atoms with E-state index >= 15 is 0 Å². The maximum atomic E-state index is 13.1. The van der Waals surface area contributed by atoms with E-state index in [2.05, 4.69) is 35.2 Å². The zero-order valence-electron chi connectivity index (χ0n) is 21.4. The first-order valence-corrected chi connectivity index (χ1v) is 12.3. The molecule has 1 unspecified atom stereocenters. The molecule has 1 saturated heterocycles. The number of carbonyl (C=O) groups is 1. The Kier molecular flexibility index (Phi) is 7.56. The van der Waals surface area contributed by atoms with Crippen molar-refractivity contribution in [3.8, 4) is 0 Å². The van der Waals surface area contributed by atoms with Crippen molar-refractivity contribution in [1.82, 2.24) is 0 Å². The normalized spacial score (nSPS) is 14.8. The molecule has 1 aliphatic heterocycles. The highest BCUT2D eigenvalue weighted by molar-refractivity contribution is 6.32. The number of hydrogen-bond donors (Lipinski definition) is 1. The molecule has 7 nitrogen and oxygen atoms in total. The Labute approximate surface area is 208 Å². The summed E-state index contributed by atoms with van der Waals surface area (Å²) in [5.74, 6) is -0.125. The summed E-state index contributed by atoms with van der Waals surface area (Å²) in [5.41, 5.74) is 4.17. The molecule has 3 aromatic carbocycles. The van der Waals surface area contributed by atoms with E-state index in [9.17, 15) is 4.79 Å². The van der Waals surface area contributed by atoms with Gasteiger partial charge < -0.3 is 14.5 Å². The van der Waals surface area contributed by atoms with Crippen LogP contribution in [0.4, 0.5) is 22.7 Å². The minimum atomic E-state index is -0.427. The van der Waals surface area contributed by atoms with Crippen LogP contribution in [-0.4, -0.2) is 59.7 Å². The second-order valence-corrected chi connectivity index (χ2v) is 9.07. The maximum Gasteiger partial charge on any atom is 0.415 e. The van der Waals surface area contributed by atoms with Crippen LogP contribution in [-0.2, 0) is 9.53 Å². The summed E-state index contributed by atoms with van der Waals surface area (Å²) >= 11 is 0. The van der Waals surface area contributed by atoms with Crippen molar-refractivity contribution in [2.75, 3.05) is 62.7 Å². The lowest BCUT2D eigenvalue weighted by Crippen LogP contribution is -3.08. The van der Waals surface area contributed by atoms with Gasteiger partial charge in [0.15, 0.2) is 5.69 Å². The van der Waals surface area contributed by atoms with Crippen molar-refractivity contribution in [1.29, 1.82) is 0 Å². The number of fused-ring (bicyclic) bond motifs is 1. The predicted molar refractivity (Wildman–Crippen MR) is 145 cm³/mol. The molecule has 184 valence electrons. The molecule has 0 saturated carbocycles. The second kappa shape index (κ2) is 10.8. The highest BCUT2D eigenvalue weighted by Gasteiger charge is 2.29. The highest BCUT2D eigenvalue weighted by atomic mass is 16.5. The van der Waals surface area contributed by atoms with Crippen LogP contribution in [0.5, 0.6) is 0 Å². The fourth-order valence-corrected chi connectivity index (χ4v) is 4.76. The van der Waals surface area contributed by atoms with Gasteiger partial charge in [0.05, 0.1) is 25.0 Å². The molecule has 0 bridgehead atoms. The summed E-state index contributed by atoms with van der Waals surface area (Å²) < 4.78 is 5.42. The van der Waals surface area contributed by atoms with Crippen LogP contribution in [0.1, 0.15) is 19.8 Å². The van der Waals surface area contributed by atoms with Crippen molar-refractivity contribution in [3.05, 3.63) is 60.7 Å². The monoisotopic (exact) mass is 474 g/mol. The lowest BCUT2D eigenvalue weighted by Gasteiger charge is -2.24. The number of hydrogen-bond acceptors (Lipinski definition) is 6. The molecule has 0 amide bonds. The first kappa shape index (κ1) is 24.5. The predicted octanol–water partition coefficient (Wildman–Crippen LogP) is 3.67. The van der Waals surface area contributed by atoms with E-state index in [4.69, 9.17) is 9.84 Å². The zero-order valence-corrected chi connectivity index (χ0v) is 21.4. The van der Waals surface area contributed by atoms with E-state index in [1.54, 1.807) is 5.01 Å². The minimum absolute atomic E-state index is 0.289. The number of para-hydroxylation sites is 2. The first-order valence-electron chi connectivity index (χ1n) is 12.3. The average molecular weight is 475 g/mol. The number of amidine groups is 1. The third-order valence-electron chi connectivity index (χ3n) is 6.54. The zero-order chi connectivity index (χ0) is 24.9. The largest absolute Gasteiger partial charge is 0.457 e. The number of ether oxygens (including phenoxy) is 1. The molecule has 3 aromatic rings. The van der Waals surface area contributed by atoms with E-state index in [1.165, 1.54) is 23.9 Å². The van der Waals surface area contributed by atoms with Gasteiger partial charge in [-0.05, 0) is 38.0 Å². The number of hydrazone groups is 1. The van der Waals surface area contributed by atoms with Crippen LogP contribution in [0, 0.1) is 0 Å². The first-order chi connectivity index (χ1) is 16.9. The van der Waals surface area contributed by atoms with Gasteiger partial charge in [0, 0.05) is 56.8 Å². The lowest BCUT2D eigenvalue weighted by molar-refractivity contribution is -0.703. The van der Waals surface area contributed by atoms with Crippen LogP contribution in [0.25, 0.3) is 10.8 Å². The number of quaternary nitrogens is 1. The third-order valence-corrected chi connectivity index (χ3v) is 6.54. The van der Waals surface area contributed by atoms with Crippen LogP contribution in [0.2, 0.25) is 0 Å². The molecule has 4 rings (SSSR count). The fourth-order valence-electron chi connectivity index (χ4n) is 4.76. The summed E-state index contributed by atoms with van der Waals surface area (Å²) in [7, 11) is 7.81. The maximum absolute atomic E-state index is 13.1. The highest BCUT2D eigenvalue weighted by Crippen LogP contribution is 2.35. The molecule has 0 aromatic heterocycles. The molecule has 35 heavy (non-hydrogen) atoms. The molecule has 1 aliphatic rings. The molecule has 1 atom stereocenters. The van der Waals surface area contributed by atoms with Gasteiger partial charge in [-0.3, -0.25) is 5.01 Å². The fraction of sp³-hybridized carbons (Fsp3) is 0.357. The average Bonchev–Trinajstić information content (AvgIpc) is 3.41. The van der Waals surface area contributed by atoms with Gasteiger partial charge in [-0.2, -0.15) is 0 Å². The Morgan fingerprint density at radius 1 is 0.943 bits per heavy atom. The van der Waals surface area contributed by atoms with Gasteiger partial charge in [0.2, 0.25) is 0 Å². The van der Waals surface area contributed by atoms with E-state index < -0.39 is 5.97 Å². The molecule has 7 heteroatoms. The molecular weight excluding hydrogens is 438 g/mol. The van der Waals surface area contributed by atoms with Gasteiger partial charge >= 0.3 is 11.8 Å². The van der Waals surface area contributed by atoms with Crippen LogP contribution in [0.15, 0.2) is 65.8 Å². The molecule has 0 radical (unpaired) electrons. The summed E-state index contributed by atoms with van der Waals surface area (Å²) in [4.78, 5) is 18.3. The van der Waals surface area contributed by atoms with Crippen molar-refractivity contribution >= 4 is 45.3 Å². The molecule has 1 N–H and O–H groups in total. The Bertz CT molecular complexity index is 1220. The van der Waals surface area contributed by atoms with E-state index in [1.807, 2.05) is 70.3 Å². The number of benzene rings is 3. The van der Waals surface area contributed by atoms with Crippen LogP contribution in [0.3, 0.4) is 0 Å². The van der Waals surface area contributed by atoms with Crippen molar-refractivity contribution in [2.24, 2.45) is 5.10 Å². The topological polar surface area (TPSA) is 52.8 Å². The molecule has 0 spiro atoms. The van der Waals surface area contributed by atoms with Crippen molar-refractivity contribution in [3.63, 3.8) is 0 Å².